The van der Waals surface area contributed by atoms with E-state index < -0.39 is 0 Å². The maximum absolute atomic E-state index is 4.42. The van der Waals surface area contributed by atoms with Gasteiger partial charge in [-0.15, -0.1) is 0 Å². The number of benzene rings is 3. The lowest BCUT2D eigenvalue weighted by Gasteiger charge is -2.07. The SMILES string of the molecule is c1ccc(-c2cncc(-c3ccc4ccccc4c3)c2)cc1. The van der Waals surface area contributed by atoms with Crippen LogP contribution in [0.3, 0.4) is 0 Å². The van der Waals surface area contributed by atoms with E-state index in [4.69, 9.17) is 0 Å². The van der Waals surface area contributed by atoms with E-state index in [9.17, 15) is 0 Å². The Bertz CT molecular complexity index is 926. The van der Waals surface area contributed by atoms with Crippen LogP contribution in [-0.4, -0.2) is 4.98 Å². The molecular formula is C21H15N. The van der Waals surface area contributed by atoms with E-state index in [-0.39, 0.29) is 0 Å². The lowest BCUT2D eigenvalue weighted by atomic mass is 10.00. The van der Waals surface area contributed by atoms with Crippen LogP contribution in [0.2, 0.25) is 0 Å². The second kappa shape index (κ2) is 5.45. The van der Waals surface area contributed by atoms with Crippen LogP contribution in [0.15, 0.2) is 91.3 Å². The average molecular weight is 281 g/mol. The van der Waals surface area contributed by atoms with Gasteiger partial charge >= 0.3 is 0 Å². The molecule has 0 aliphatic rings. The number of rotatable bonds is 2. The van der Waals surface area contributed by atoms with Gasteiger partial charge in [-0.25, -0.2) is 0 Å². The summed E-state index contributed by atoms with van der Waals surface area (Å²) < 4.78 is 0. The quantitative estimate of drug-likeness (QED) is 0.468. The van der Waals surface area contributed by atoms with Crippen LogP contribution in [0, 0.1) is 0 Å². The van der Waals surface area contributed by atoms with Gasteiger partial charge in [0, 0.05) is 23.5 Å². The highest BCUT2D eigenvalue weighted by Gasteiger charge is 2.03. The molecule has 0 amide bonds. The molecule has 4 aromatic rings. The van der Waals surface area contributed by atoms with Crippen LogP contribution in [0.4, 0.5) is 0 Å². The fraction of sp³-hybridized carbons (Fsp3) is 0. The highest BCUT2D eigenvalue weighted by Crippen LogP contribution is 2.27. The van der Waals surface area contributed by atoms with E-state index in [2.05, 4.69) is 77.8 Å². The van der Waals surface area contributed by atoms with E-state index in [1.54, 1.807) is 0 Å². The van der Waals surface area contributed by atoms with Gasteiger partial charge in [-0.3, -0.25) is 4.98 Å². The summed E-state index contributed by atoms with van der Waals surface area (Å²) in [5.41, 5.74) is 4.68. The van der Waals surface area contributed by atoms with Crippen molar-refractivity contribution in [3.63, 3.8) is 0 Å². The molecule has 0 N–H and O–H groups in total. The van der Waals surface area contributed by atoms with Gasteiger partial charge in [-0.1, -0.05) is 66.7 Å². The summed E-state index contributed by atoms with van der Waals surface area (Å²) in [6, 6.07) is 27.5. The first kappa shape index (κ1) is 12.8. The number of nitrogens with zero attached hydrogens (tertiary/aromatic N) is 1. The number of hydrogen-bond donors (Lipinski definition) is 0. The molecule has 4 rings (SSSR count). The van der Waals surface area contributed by atoms with Crippen molar-refractivity contribution >= 4 is 10.8 Å². The zero-order valence-corrected chi connectivity index (χ0v) is 12.1. The summed E-state index contributed by atoms with van der Waals surface area (Å²) in [7, 11) is 0. The molecule has 0 aliphatic heterocycles. The third-order valence-corrected chi connectivity index (χ3v) is 3.93. The van der Waals surface area contributed by atoms with E-state index in [0.29, 0.717) is 0 Å². The topological polar surface area (TPSA) is 12.9 Å². The standard InChI is InChI=1S/C21H15N/c1-2-6-16(7-3-1)20-13-21(15-22-14-20)19-11-10-17-8-4-5-9-18(17)12-19/h1-15H. The van der Waals surface area contributed by atoms with Gasteiger partial charge in [0.2, 0.25) is 0 Å². The largest absolute Gasteiger partial charge is 0.263 e. The van der Waals surface area contributed by atoms with E-state index in [1.807, 2.05) is 18.5 Å². The van der Waals surface area contributed by atoms with E-state index in [0.717, 1.165) is 11.1 Å². The molecule has 0 fully saturated rings. The Kier molecular flexibility index (Phi) is 3.17. The van der Waals surface area contributed by atoms with Crippen LogP contribution >= 0.6 is 0 Å². The molecule has 0 spiro atoms. The summed E-state index contributed by atoms with van der Waals surface area (Å²) in [6.45, 7) is 0. The first-order valence-corrected chi connectivity index (χ1v) is 7.40. The molecule has 0 radical (unpaired) electrons. The van der Waals surface area contributed by atoms with Crippen LogP contribution in [0.5, 0.6) is 0 Å². The summed E-state index contributed by atoms with van der Waals surface area (Å²) in [5, 5.41) is 2.52. The van der Waals surface area contributed by atoms with Crippen molar-refractivity contribution in [1.29, 1.82) is 0 Å². The van der Waals surface area contributed by atoms with Crippen molar-refractivity contribution in [3.05, 3.63) is 91.3 Å². The normalized spacial score (nSPS) is 10.7. The number of aromatic nitrogens is 1. The number of hydrogen-bond acceptors (Lipinski definition) is 1. The molecule has 1 nitrogen and oxygen atoms in total. The van der Waals surface area contributed by atoms with Crippen molar-refractivity contribution in [3.8, 4) is 22.3 Å². The molecule has 22 heavy (non-hydrogen) atoms. The first-order valence-electron chi connectivity index (χ1n) is 7.40. The van der Waals surface area contributed by atoms with Gasteiger partial charge in [-0.05, 0) is 34.0 Å². The monoisotopic (exact) mass is 281 g/mol. The van der Waals surface area contributed by atoms with Crippen LogP contribution < -0.4 is 0 Å². The fourth-order valence-corrected chi connectivity index (χ4v) is 2.76. The minimum absolute atomic E-state index is 1.14. The molecular weight excluding hydrogens is 266 g/mol. The predicted molar refractivity (Wildman–Crippen MR) is 92.6 cm³/mol. The summed E-state index contributed by atoms with van der Waals surface area (Å²) in [6.07, 6.45) is 3.84. The number of pyridine rings is 1. The van der Waals surface area contributed by atoms with E-state index >= 15 is 0 Å². The Morgan fingerprint density at radius 3 is 1.95 bits per heavy atom. The van der Waals surface area contributed by atoms with Gasteiger partial charge in [0.25, 0.3) is 0 Å². The molecule has 0 saturated heterocycles. The van der Waals surface area contributed by atoms with Gasteiger partial charge in [-0.2, -0.15) is 0 Å². The Labute approximate surface area is 129 Å². The van der Waals surface area contributed by atoms with Crippen molar-refractivity contribution in [2.24, 2.45) is 0 Å². The van der Waals surface area contributed by atoms with Gasteiger partial charge in [0.05, 0.1) is 0 Å². The molecule has 0 aliphatic carbocycles. The van der Waals surface area contributed by atoms with Crippen molar-refractivity contribution < 1.29 is 0 Å². The molecule has 1 heteroatoms. The smallest absolute Gasteiger partial charge is 0.0346 e. The van der Waals surface area contributed by atoms with Crippen molar-refractivity contribution in [2.45, 2.75) is 0 Å². The molecule has 1 aromatic heterocycles. The highest BCUT2D eigenvalue weighted by atomic mass is 14.6. The third-order valence-electron chi connectivity index (χ3n) is 3.93. The second-order valence-electron chi connectivity index (χ2n) is 5.39. The second-order valence-corrected chi connectivity index (χ2v) is 5.39. The maximum atomic E-state index is 4.42. The number of fused-ring (bicyclic) bond motifs is 1. The first-order chi connectivity index (χ1) is 10.9. The minimum atomic E-state index is 1.14. The average Bonchev–Trinajstić information content (AvgIpc) is 2.62. The Hall–Kier alpha value is -2.93. The summed E-state index contributed by atoms with van der Waals surface area (Å²) in [4.78, 5) is 4.42. The van der Waals surface area contributed by atoms with Crippen LogP contribution in [0.1, 0.15) is 0 Å². The molecule has 0 unspecified atom stereocenters. The summed E-state index contributed by atoms with van der Waals surface area (Å²) in [5.74, 6) is 0. The molecule has 0 bridgehead atoms. The van der Waals surface area contributed by atoms with Gasteiger partial charge in [0.1, 0.15) is 0 Å². The lowest BCUT2D eigenvalue weighted by Crippen LogP contribution is -1.84. The Morgan fingerprint density at radius 2 is 1.14 bits per heavy atom. The zero-order chi connectivity index (χ0) is 14.8. The predicted octanol–water partition coefficient (Wildman–Crippen LogP) is 5.57. The Morgan fingerprint density at radius 1 is 0.455 bits per heavy atom. The van der Waals surface area contributed by atoms with Gasteiger partial charge in [0.15, 0.2) is 0 Å². The maximum Gasteiger partial charge on any atom is 0.0346 e. The molecule has 0 atom stereocenters. The van der Waals surface area contributed by atoms with Crippen LogP contribution in [-0.2, 0) is 0 Å². The van der Waals surface area contributed by atoms with Crippen molar-refractivity contribution in [1.82, 2.24) is 4.98 Å². The third kappa shape index (κ3) is 2.38. The van der Waals surface area contributed by atoms with Crippen molar-refractivity contribution in [2.75, 3.05) is 0 Å². The molecule has 3 aromatic carbocycles. The highest BCUT2D eigenvalue weighted by molar-refractivity contribution is 5.87. The molecule has 104 valence electrons. The fourth-order valence-electron chi connectivity index (χ4n) is 2.76. The Balaban J connectivity index is 1.81. The summed E-state index contributed by atoms with van der Waals surface area (Å²) >= 11 is 0. The lowest BCUT2D eigenvalue weighted by molar-refractivity contribution is 1.33. The van der Waals surface area contributed by atoms with Gasteiger partial charge < -0.3 is 0 Å². The van der Waals surface area contributed by atoms with Crippen LogP contribution in [0.25, 0.3) is 33.0 Å². The van der Waals surface area contributed by atoms with E-state index in [1.165, 1.54) is 21.9 Å². The minimum Gasteiger partial charge on any atom is -0.263 e. The molecule has 0 saturated carbocycles. The molecule has 1 heterocycles. The zero-order valence-electron chi connectivity index (χ0n) is 12.1.